The van der Waals surface area contributed by atoms with E-state index in [1.807, 2.05) is 19.9 Å². The first-order valence-corrected chi connectivity index (χ1v) is 6.40. The summed E-state index contributed by atoms with van der Waals surface area (Å²) in [4.78, 5) is 16.2. The molecule has 0 bridgehead atoms. The summed E-state index contributed by atoms with van der Waals surface area (Å²) in [6.45, 7) is 4.11. The second kappa shape index (κ2) is 7.64. The van der Waals surface area contributed by atoms with Gasteiger partial charge < -0.3 is 15.5 Å². The van der Waals surface area contributed by atoms with E-state index in [9.17, 15) is 4.79 Å². The van der Waals surface area contributed by atoms with Gasteiger partial charge in [-0.05, 0) is 19.9 Å². The fourth-order valence-electron chi connectivity index (χ4n) is 1.32. The molecular formula is C12H17Cl2N3O2S. The number of aromatic nitrogens is 1. The number of nitrogens with zero attached hydrogens (tertiary/aromatic N) is 1. The predicted octanol–water partition coefficient (Wildman–Crippen LogP) is 2.71. The van der Waals surface area contributed by atoms with Crippen molar-refractivity contribution in [1.82, 2.24) is 10.3 Å². The number of nitrogens with two attached hydrogens (primary N) is 1. The number of carbonyl (C=O) groups excluding carboxylic acids is 1. The van der Waals surface area contributed by atoms with Crippen molar-refractivity contribution in [3.05, 3.63) is 29.7 Å². The van der Waals surface area contributed by atoms with E-state index in [1.54, 1.807) is 17.9 Å². The van der Waals surface area contributed by atoms with Crippen LogP contribution in [0, 0.1) is 0 Å². The van der Waals surface area contributed by atoms with Gasteiger partial charge in [-0.1, -0.05) is 0 Å². The summed E-state index contributed by atoms with van der Waals surface area (Å²) < 4.78 is 4.99. The van der Waals surface area contributed by atoms with Crippen molar-refractivity contribution in [3.8, 4) is 10.6 Å². The van der Waals surface area contributed by atoms with E-state index in [0.717, 1.165) is 10.6 Å². The van der Waals surface area contributed by atoms with Crippen molar-refractivity contribution in [2.45, 2.75) is 19.4 Å². The van der Waals surface area contributed by atoms with Gasteiger partial charge in [-0.15, -0.1) is 36.2 Å². The van der Waals surface area contributed by atoms with Crippen LogP contribution in [0.5, 0.6) is 0 Å². The molecule has 0 fully saturated rings. The number of hydrogen-bond acceptors (Lipinski definition) is 5. The average Bonchev–Trinajstić information content (AvgIpc) is 2.99. The Morgan fingerprint density at radius 1 is 1.50 bits per heavy atom. The lowest BCUT2D eigenvalue weighted by atomic mass is 10.1. The van der Waals surface area contributed by atoms with E-state index in [2.05, 4.69) is 10.3 Å². The molecule has 0 spiro atoms. The Balaban J connectivity index is 0.00000180. The molecule has 20 heavy (non-hydrogen) atoms. The second-order valence-electron chi connectivity index (χ2n) is 4.59. The monoisotopic (exact) mass is 337 g/mol. The number of halogens is 2. The number of hydrogen-bond donors (Lipinski definition) is 2. The maximum Gasteiger partial charge on any atom is 0.271 e. The Morgan fingerprint density at radius 2 is 2.20 bits per heavy atom. The molecule has 0 saturated carbocycles. The van der Waals surface area contributed by atoms with Crippen LogP contribution in [-0.4, -0.2) is 23.0 Å². The molecule has 0 saturated heterocycles. The molecule has 1 amide bonds. The minimum absolute atomic E-state index is 0. The van der Waals surface area contributed by atoms with Crippen molar-refractivity contribution >= 4 is 42.1 Å². The number of thiazole rings is 1. The fraction of sp³-hybridized carbons (Fsp3) is 0.333. The summed E-state index contributed by atoms with van der Waals surface area (Å²) >= 11 is 1.41. The number of nitrogens with one attached hydrogen (secondary N) is 1. The van der Waals surface area contributed by atoms with E-state index in [0.29, 0.717) is 12.2 Å². The molecule has 5 nitrogen and oxygen atoms in total. The normalized spacial score (nSPS) is 10.3. The van der Waals surface area contributed by atoms with Gasteiger partial charge in [0.15, 0.2) is 0 Å². The zero-order valence-corrected chi connectivity index (χ0v) is 13.5. The highest BCUT2D eigenvalue weighted by molar-refractivity contribution is 7.13. The molecule has 2 rings (SSSR count). The van der Waals surface area contributed by atoms with Gasteiger partial charge in [0, 0.05) is 23.0 Å². The van der Waals surface area contributed by atoms with Crippen LogP contribution in [0.2, 0.25) is 0 Å². The van der Waals surface area contributed by atoms with Crippen molar-refractivity contribution in [3.63, 3.8) is 0 Å². The van der Waals surface area contributed by atoms with Crippen LogP contribution in [0.3, 0.4) is 0 Å². The highest BCUT2D eigenvalue weighted by atomic mass is 35.5. The Labute approximate surface area is 133 Å². The van der Waals surface area contributed by atoms with E-state index in [4.69, 9.17) is 10.2 Å². The molecule has 0 aliphatic carbocycles. The first kappa shape index (κ1) is 18.9. The summed E-state index contributed by atoms with van der Waals surface area (Å²) in [6, 6.07) is 1.81. The lowest BCUT2D eigenvalue weighted by Crippen LogP contribution is -2.48. The lowest BCUT2D eigenvalue weighted by molar-refractivity contribution is 0.0911. The van der Waals surface area contributed by atoms with Crippen LogP contribution >= 0.6 is 36.2 Å². The van der Waals surface area contributed by atoms with Crippen molar-refractivity contribution < 1.29 is 9.21 Å². The van der Waals surface area contributed by atoms with Crippen molar-refractivity contribution in [2.24, 2.45) is 5.73 Å². The van der Waals surface area contributed by atoms with Crippen LogP contribution in [-0.2, 0) is 0 Å². The van der Waals surface area contributed by atoms with Gasteiger partial charge in [0.2, 0.25) is 0 Å². The third kappa shape index (κ3) is 4.49. The first-order valence-electron chi connectivity index (χ1n) is 5.52. The molecule has 2 aromatic heterocycles. The maximum atomic E-state index is 12.0. The minimum Gasteiger partial charge on any atom is -0.472 e. The van der Waals surface area contributed by atoms with Gasteiger partial charge >= 0.3 is 0 Å². The van der Waals surface area contributed by atoms with Gasteiger partial charge in [-0.2, -0.15) is 0 Å². The number of amides is 1. The Kier molecular flexibility index (Phi) is 7.22. The average molecular weight is 338 g/mol. The van der Waals surface area contributed by atoms with Crippen LogP contribution in [0.15, 0.2) is 28.4 Å². The third-order valence-electron chi connectivity index (χ3n) is 2.47. The molecule has 112 valence electrons. The molecule has 0 aromatic carbocycles. The molecule has 0 unspecified atom stereocenters. The molecule has 0 radical (unpaired) electrons. The van der Waals surface area contributed by atoms with Crippen LogP contribution < -0.4 is 11.1 Å². The van der Waals surface area contributed by atoms with Gasteiger partial charge in [0.1, 0.15) is 17.0 Å². The van der Waals surface area contributed by atoms with Crippen LogP contribution in [0.1, 0.15) is 24.3 Å². The molecule has 0 aliphatic heterocycles. The largest absolute Gasteiger partial charge is 0.472 e. The molecular weight excluding hydrogens is 321 g/mol. The summed E-state index contributed by atoms with van der Waals surface area (Å²) in [6.07, 6.45) is 3.18. The topological polar surface area (TPSA) is 81.1 Å². The molecule has 3 N–H and O–H groups in total. The van der Waals surface area contributed by atoms with E-state index in [1.165, 1.54) is 11.3 Å². The summed E-state index contributed by atoms with van der Waals surface area (Å²) in [7, 11) is 0. The molecule has 2 heterocycles. The van der Waals surface area contributed by atoms with Gasteiger partial charge in [0.25, 0.3) is 5.91 Å². The van der Waals surface area contributed by atoms with E-state index < -0.39 is 5.54 Å². The Hall–Kier alpha value is -1.08. The fourth-order valence-corrected chi connectivity index (χ4v) is 2.11. The molecule has 0 atom stereocenters. The molecule has 8 heteroatoms. The van der Waals surface area contributed by atoms with Gasteiger partial charge in [-0.3, -0.25) is 4.79 Å². The SMILES string of the molecule is CC(C)(CN)NC(=O)c1csc(-c2ccoc2)n1.Cl.Cl. The highest BCUT2D eigenvalue weighted by Gasteiger charge is 2.21. The first-order chi connectivity index (χ1) is 8.52. The standard InChI is InChI=1S/C12H15N3O2S.2ClH/c1-12(2,7-13)15-10(16)9-6-18-11(14-9)8-3-4-17-5-8;;/h3-6H,7,13H2,1-2H3,(H,15,16);2*1H. The molecule has 2 aromatic rings. The predicted molar refractivity (Wildman–Crippen MR) is 84.9 cm³/mol. The zero-order chi connectivity index (χ0) is 13.2. The second-order valence-corrected chi connectivity index (χ2v) is 5.45. The van der Waals surface area contributed by atoms with Gasteiger partial charge in [-0.25, -0.2) is 4.98 Å². The Bertz CT molecular complexity index is 541. The van der Waals surface area contributed by atoms with E-state index >= 15 is 0 Å². The van der Waals surface area contributed by atoms with E-state index in [-0.39, 0.29) is 30.7 Å². The zero-order valence-electron chi connectivity index (χ0n) is 11.1. The number of furan rings is 1. The number of rotatable bonds is 4. The molecule has 0 aliphatic rings. The van der Waals surface area contributed by atoms with Crippen molar-refractivity contribution in [2.75, 3.05) is 6.54 Å². The summed E-state index contributed by atoms with van der Waals surface area (Å²) in [5.41, 5.74) is 6.41. The van der Waals surface area contributed by atoms with Crippen LogP contribution in [0.4, 0.5) is 0 Å². The number of carbonyl (C=O) groups is 1. The quantitative estimate of drug-likeness (QED) is 0.898. The summed E-state index contributed by atoms with van der Waals surface area (Å²) in [5, 5.41) is 5.33. The van der Waals surface area contributed by atoms with Crippen LogP contribution in [0.25, 0.3) is 10.6 Å². The maximum absolute atomic E-state index is 12.0. The highest BCUT2D eigenvalue weighted by Crippen LogP contribution is 2.24. The van der Waals surface area contributed by atoms with Crippen molar-refractivity contribution in [1.29, 1.82) is 0 Å². The lowest BCUT2D eigenvalue weighted by Gasteiger charge is -2.23. The minimum atomic E-state index is -0.434. The van der Waals surface area contributed by atoms with Gasteiger partial charge in [0.05, 0.1) is 6.26 Å². The third-order valence-corrected chi connectivity index (χ3v) is 3.36. The Morgan fingerprint density at radius 3 is 2.75 bits per heavy atom. The smallest absolute Gasteiger partial charge is 0.271 e. The summed E-state index contributed by atoms with van der Waals surface area (Å²) in [5.74, 6) is -0.212.